The molecule has 410 valence electrons. The summed E-state index contributed by atoms with van der Waals surface area (Å²) in [6.07, 6.45) is 11.8. The Kier molecular flexibility index (Phi) is 26.7. The number of fused-ring (bicyclic) bond motifs is 3. The smallest absolute Gasteiger partial charge is 0.331 e. The Morgan fingerprint density at radius 1 is 0.806 bits per heavy atom. The van der Waals surface area contributed by atoms with Crippen LogP contribution in [0.3, 0.4) is 0 Å². The lowest BCUT2D eigenvalue weighted by molar-refractivity contribution is -0.162. The number of cyclic esters (lactones) is 1. The van der Waals surface area contributed by atoms with E-state index in [2.05, 4.69) is 6.92 Å². The second-order valence-corrected chi connectivity index (χ2v) is 20.1. The van der Waals surface area contributed by atoms with Crippen molar-refractivity contribution >= 4 is 24.1 Å². The lowest BCUT2D eigenvalue weighted by atomic mass is 9.81. The quantitative estimate of drug-likeness (QED) is 0.0608. The third-order valence-corrected chi connectivity index (χ3v) is 15.2. The van der Waals surface area contributed by atoms with Crippen LogP contribution >= 0.6 is 0 Å². The highest BCUT2D eigenvalue weighted by atomic mass is 16.6. The molecule has 1 N–H and O–H groups in total. The van der Waals surface area contributed by atoms with E-state index >= 15 is 0 Å². The molecule has 17 heteroatoms. The van der Waals surface area contributed by atoms with E-state index in [-0.39, 0.29) is 60.1 Å². The molecule has 1 amide bonds. The van der Waals surface area contributed by atoms with Crippen molar-refractivity contribution in [3.63, 3.8) is 0 Å². The molecule has 0 radical (unpaired) electrons. The number of rotatable bonds is 20. The summed E-state index contributed by atoms with van der Waals surface area (Å²) < 4.78 is 65.9. The fourth-order valence-electron chi connectivity index (χ4n) is 10.3. The maximum atomic E-state index is 13.9. The first-order valence-corrected chi connectivity index (χ1v) is 25.3. The lowest BCUT2D eigenvalue weighted by Gasteiger charge is -2.39. The highest BCUT2D eigenvalue weighted by molar-refractivity contribution is 5.84. The second kappa shape index (κ2) is 30.7. The van der Waals surface area contributed by atoms with Gasteiger partial charge in [0.2, 0.25) is 6.41 Å². The first-order chi connectivity index (χ1) is 34.2. The van der Waals surface area contributed by atoms with Gasteiger partial charge in [0.25, 0.3) is 0 Å². The molecular formula is C55H89NO16. The number of hydrogen-bond donors (Lipinski definition) is 1. The van der Waals surface area contributed by atoms with Crippen LogP contribution in [0, 0.1) is 35.5 Å². The van der Waals surface area contributed by atoms with Crippen LogP contribution < -0.4 is 0 Å². The van der Waals surface area contributed by atoms with Crippen LogP contribution in [0.4, 0.5) is 0 Å². The van der Waals surface area contributed by atoms with Crippen molar-refractivity contribution in [3.05, 3.63) is 60.4 Å². The highest BCUT2D eigenvalue weighted by Gasteiger charge is 2.54. The minimum atomic E-state index is -1.24. The second-order valence-electron chi connectivity index (χ2n) is 20.1. The minimum Gasteiger partial charge on any atom is -0.458 e. The number of aliphatic hydroxyl groups is 1. The summed E-state index contributed by atoms with van der Waals surface area (Å²) in [6.45, 7) is 13.7. The van der Waals surface area contributed by atoms with Crippen molar-refractivity contribution in [2.24, 2.45) is 35.5 Å². The van der Waals surface area contributed by atoms with Crippen molar-refractivity contribution in [2.45, 2.75) is 166 Å². The van der Waals surface area contributed by atoms with Gasteiger partial charge in [-0.3, -0.25) is 9.59 Å². The van der Waals surface area contributed by atoms with E-state index < -0.39 is 78.4 Å². The van der Waals surface area contributed by atoms with Crippen LogP contribution in [0.1, 0.15) is 87.0 Å². The molecule has 0 spiro atoms. The van der Waals surface area contributed by atoms with E-state index in [0.717, 1.165) is 0 Å². The molecule has 3 heterocycles. The van der Waals surface area contributed by atoms with Gasteiger partial charge in [-0.05, 0) is 31.8 Å². The average molecular weight is 1020 g/mol. The maximum absolute atomic E-state index is 13.9. The number of ether oxygens (including phenoxy) is 11. The molecule has 0 aromatic rings. The molecule has 72 heavy (non-hydrogen) atoms. The number of carbonyl (C=O) groups is 4. The molecule has 3 aliphatic rings. The van der Waals surface area contributed by atoms with Gasteiger partial charge >= 0.3 is 11.9 Å². The van der Waals surface area contributed by atoms with Crippen LogP contribution in [0.15, 0.2) is 60.4 Å². The van der Waals surface area contributed by atoms with Crippen LogP contribution in [-0.2, 0) is 71.3 Å². The largest absolute Gasteiger partial charge is 0.458 e. The van der Waals surface area contributed by atoms with Crippen molar-refractivity contribution in [1.82, 2.24) is 4.90 Å². The van der Waals surface area contributed by atoms with E-state index in [1.54, 1.807) is 62.0 Å². The summed E-state index contributed by atoms with van der Waals surface area (Å²) in [4.78, 5) is 53.1. The topological polar surface area (TPSA) is 197 Å². The van der Waals surface area contributed by atoms with Crippen LogP contribution in [0.5, 0.6) is 0 Å². The number of epoxide rings is 1. The van der Waals surface area contributed by atoms with Gasteiger partial charge in [-0.1, -0.05) is 71.9 Å². The van der Waals surface area contributed by atoms with E-state index in [1.165, 1.54) is 31.3 Å². The van der Waals surface area contributed by atoms with Crippen molar-refractivity contribution in [1.29, 1.82) is 0 Å². The van der Waals surface area contributed by atoms with E-state index in [1.807, 2.05) is 71.9 Å². The normalized spacial score (nSPS) is 35.8. The summed E-state index contributed by atoms with van der Waals surface area (Å²) in [5, 5.41) is 11.9. The summed E-state index contributed by atoms with van der Waals surface area (Å²) in [6, 6.07) is 0. The molecule has 3 aliphatic heterocycles. The maximum Gasteiger partial charge on any atom is 0.331 e. The Morgan fingerprint density at radius 2 is 1.42 bits per heavy atom. The number of Topliss-reactive ketones (excluding diaryl/α,β-unsaturated/α-hetero) is 1. The zero-order valence-corrected chi connectivity index (χ0v) is 45.9. The van der Waals surface area contributed by atoms with Gasteiger partial charge in [0.15, 0.2) is 0 Å². The van der Waals surface area contributed by atoms with Gasteiger partial charge in [-0.2, -0.15) is 0 Å². The van der Waals surface area contributed by atoms with E-state index in [4.69, 9.17) is 52.1 Å². The zero-order chi connectivity index (χ0) is 53.9. The predicted molar refractivity (Wildman–Crippen MR) is 272 cm³/mol. The third-order valence-electron chi connectivity index (χ3n) is 15.2. The zero-order valence-electron chi connectivity index (χ0n) is 45.9. The number of nitrogens with zero attached hydrogens (tertiary/aromatic N) is 1. The molecule has 2 bridgehead atoms. The van der Waals surface area contributed by atoms with Gasteiger partial charge in [0.1, 0.15) is 36.3 Å². The Morgan fingerprint density at radius 3 is 1.97 bits per heavy atom. The van der Waals surface area contributed by atoms with Gasteiger partial charge in [0.05, 0.1) is 48.3 Å². The first kappa shape index (κ1) is 62.7. The molecule has 0 aromatic carbocycles. The number of amides is 1. The van der Waals surface area contributed by atoms with Crippen molar-refractivity contribution in [2.75, 3.05) is 63.9 Å². The van der Waals surface area contributed by atoms with E-state index in [9.17, 15) is 24.3 Å². The summed E-state index contributed by atoms with van der Waals surface area (Å²) in [5.74, 6) is -2.84. The minimum absolute atomic E-state index is 0.0513. The molecule has 0 aliphatic carbocycles. The monoisotopic (exact) mass is 1020 g/mol. The van der Waals surface area contributed by atoms with Gasteiger partial charge in [0, 0.05) is 143 Å². The fraction of sp³-hybridized carbons (Fsp3) is 0.745. The Hall–Kier alpha value is -3.62. The number of ketones is 1. The van der Waals surface area contributed by atoms with Crippen molar-refractivity contribution < 1.29 is 76.4 Å². The molecule has 17 unspecified atom stereocenters. The van der Waals surface area contributed by atoms with Gasteiger partial charge in [-0.15, -0.1) is 0 Å². The standard InChI is InChI=1S/C55H89NO16/c1-33-19-22-40(63-10)29-45(66-13)37(5)53-50(61)41(30-49(60)71-53)54(69-16)46(67-14)31-55(7)47(72-55)25-26-48(59)70-52(35(3)20-23-39(62-9)28-44(33)65-12)38(6)51(68-15)34(2)21-24-42(58)36(4)43(64-11)18-17-27-56(8)32-57/h17,19-20,22-23,25-27,30,32-40,43-47,50-54,61H,18,21,24,28-29,31H2,1-16H3/b22-19+,23-20+,26-25+,27-17+/t33?,34?,35?,36?,37?,38?,39?,40?,43?,44?,45?,46?,47?,50-,51?,52?,53-,54?,55?/m0/s1. The molecular weight excluding hydrogens is 931 g/mol. The lowest BCUT2D eigenvalue weighted by Crippen LogP contribution is -2.50. The SMILES string of the molecule is COC1/C=C/C(C)C(C(C)C(OC)C(C)CCC(=O)C(C)C(C/C=C/N(C)C=O)OC)OC(=O)/C=C/C2OC2(C)CC(OC)C(OC)C2=CC(=O)O[C@@H](C(C)C(OC)CC(OC)/C=C/C(C)C(OC)C1)[C@H]2O. The number of hydrogen-bond acceptors (Lipinski definition) is 16. The number of carbonyl (C=O) groups excluding carboxylic acids is 4. The van der Waals surface area contributed by atoms with Crippen LogP contribution in [0.25, 0.3) is 0 Å². The molecule has 0 saturated carbocycles. The van der Waals surface area contributed by atoms with E-state index in [0.29, 0.717) is 44.1 Å². The van der Waals surface area contributed by atoms with Crippen molar-refractivity contribution in [3.8, 4) is 0 Å². The number of methoxy groups -OCH3 is 8. The molecule has 19 atom stereocenters. The average Bonchev–Trinajstić information content (AvgIpc) is 4.03. The third kappa shape index (κ3) is 17.8. The van der Waals surface area contributed by atoms with Crippen LogP contribution in [0.2, 0.25) is 0 Å². The summed E-state index contributed by atoms with van der Waals surface area (Å²) in [7, 11) is 14.4. The first-order valence-electron chi connectivity index (χ1n) is 25.3. The summed E-state index contributed by atoms with van der Waals surface area (Å²) in [5.41, 5.74) is -0.479. The molecule has 3 rings (SSSR count). The number of esters is 2. The predicted octanol–water partition coefficient (Wildman–Crippen LogP) is 6.40. The Balaban J connectivity index is 2.00. The molecule has 17 nitrogen and oxygen atoms in total. The van der Waals surface area contributed by atoms with Gasteiger partial charge in [-0.25, -0.2) is 9.59 Å². The van der Waals surface area contributed by atoms with Crippen LogP contribution in [-0.4, -0.2) is 177 Å². The Bertz CT molecular complexity index is 1840. The fourth-order valence-corrected chi connectivity index (χ4v) is 10.3. The summed E-state index contributed by atoms with van der Waals surface area (Å²) >= 11 is 0. The molecule has 1 saturated heterocycles. The molecule has 0 aromatic heterocycles. The molecule has 1 fully saturated rings. The Labute approximate surface area is 429 Å². The number of aliphatic hydroxyl groups excluding tert-OH is 1. The highest BCUT2D eigenvalue weighted by Crippen LogP contribution is 2.44. The van der Waals surface area contributed by atoms with Gasteiger partial charge < -0.3 is 62.1 Å².